The van der Waals surface area contributed by atoms with E-state index in [-0.39, 0.29) is 34.9 Å². The van der Waals surface area contributed by atoms with Crippen LogP contribution in [0.5, 0.6) is 0 Å². The highest BCUT2D eigenvalue weighted by Gasteiger charge is 2.36. The third kappa shape index (κ3) is 4.60. The summed E-state index contributed by atoms with van der Waals surface area (Å²) in [5, 5.41) is 0. The Morgan fingerprint density at radius 3 is 2.19 bits per heavy atom. The summed E-state index contributed by atoms with van der Waals surface area (Å²) in [4.78, 5) is 47.1. The van der Waals surface area contributed by atoms with Gasteiger partial charge in [-0.05, 0) is 45.4 Å². The quantitative estimate of drug-likeness (QED) is 0.571. The molecule has 1 aromatic carbocycles. The van der Waals surface area contributed by atoms with E-state index in [9.17, 15) is 18.8 Å². The van der Waals surface area contributed by atoms with Crippen molar-refractivity contribution in [3.8, 4) is 0 Å². The number of carbonyl (C=O) groups excluding carboxylic acids is 3. The molecule has 3 rings (SSSR count). The number of nitrogens with zero attached hydrogens (tertiary/aromatic N) is 3. The van der Waals surface area contributed by atoms with Crippen LogP contribution in [0.25, 0.3) is 0 Å². The van der Waals surface area contributed by atoms with Crippen LogP contribution < -0.4 is 0 Å². The summed E-state index contributed by atoms with van der Waals surface area (Å²) >= 11 is 0. The summed E-state index contributed by atoms with van der Waals surface area (Å²) in [6, 6.07) is 6.43. The lowest BCUT2D eigenvalue weighted by Crippen LogP contribution is -2.57. The van der Waals surface area contributed by atoms with E-state index in [1.807, 2.05) is 13.8 Å². The molecule has 1 fully saturated rings. The number of amides is 2. The van der Waals surface area contributed by atoms with Crippen molar-refractivity contribution in [3.05, 3.63) is 58.2 Å². The van der Waals surface area contributed by atoms with Gasteiger partial charge in [-0.3, -0.25) is 19.3 Å². The number of H-pyrrole nitrogens is 1. The third-order valence-corrected chi connectivity index (χ3v) is 6.09. The zero-order valence-corrected chi connectivity index (χ0v) is 19.5. The average Bonchev–Trinajstić information content (AvgIpc) is 3.03. The molecule has 1 aliphatic rings. The smallest absolute Gasteiger partial charge is 0.294 e. The number of hydrogen-bond donors (Lipinski definition) is 1. The van der Waals surface area contributed by atoms with Crippen molar-refractivity contribution in [3.63, 3.8) is 0 Å². The number of aromatic amines is 1. The largest absolute Gasteiger partial charge is 0.361 e. The number of aryl methyl sites for hydroxylation is 2. The summed E-state index contributed by atoms with van der Waals surface area (Å²) in [5.74, 6) is -1.86. The molecule has 8 heteroatoms. The fourth-order valence-corrected chi connectivity index (χ4v) is 4.31. The fourth-order valence-electron chi connectivity index (χ4n) is 4.31. The van der Waals surface area contributed by atoms with Crippen molar-refractivity contribution >= 4 is 17.6 Å². The van der Waals surface area contributed by atoms with Gasteiger partial charge in [0.25, 0.3) is 17.6 Å². The van der Waals surface area contributed by atoms with Crippen LogP contribution in [0.1, 0.15) is 51.5 Å². The van der Waals surface area contributed by atoms with E-state index in [1.165, 1.54) is 31.1 Å². The third-order valence-electron chi connectivity index (χ3n) is 6.09. The summed E-state index contributed by atoms with van der Waals surface area (Å²) in [6.07, 6.45) is 0. The first-order valence-corrected chi connectivity index (χ1v) is 10.8. The molecule has 32 heavy (non-hydrogen) atoms. The SMILES string of the molecule is Cc1[nH]c(C)c(C(=O)N2C[C@H](C)N(Cc3ccc(F)cc3)C[C@H]2C)c1C(=O)C(=O)N(C)C. The van der Waals surface area contributed by atoms with Crippen LogP contribution in [-0.2, 0) is 11.3 Å². The molecule has 1 N–H and O–H groups in total. The molecule has 0 spiro atoms. The van der Waals surface area contributed by atoms with E-state index >= 15 is 0 Å². The molecule has 0 bridgehead atoms. The first kappa shape index (κ1) is 23.7. The van der Waals surface area contributed by atoms with Crippen LogP contribution in [0.4, 0.5) is 4.39 Å². The van der Waals surface area contributed by atoms with E-state index in [0.29, 0.717) is 31.0 Å². The maximum Gasteiger partial charge on any atom is 0.294 e. The molecule has 2 heterocycles. The zero-order valence-electron chi connectivity index (χ0n) is 19.5. The number of aromatic nitrogens is 1. The zero-order chi connectivity index (χ0) is 23.7. The van der Waals surface area contributed by atoms with E-state index in [4.69, 9.17) is 0 Å². The normalized spacial score (nSPS) is 19.2. The fraction of sp³-hybridized carbons (Fsp3) is 0.458. The highest BCUT2D eigenvalue weighted by atomic mass is 19.1. The van der Waals surface area contributed by atoms with E-state index in [0.717, 1.165) is 5.56 Å². The minimum Gasteiger partial charge on any atom is -0.361 e. The molecule has 0 saturated carbocycles. The number of ketones is 1. The maximum atomic E-state index is 13.6. The Morgan fingerprint density at radius 1 is 1.00 bits per heavy atom. The first-order chi connectivity index (χ1) is 15.0. The van der Waals surface area contributed by atoms with Gasteiger partial charge in [0.05, 0.1) is 11.1 Å². The lowest BCUT2D eigenvalue weighted by molar-refractivity contribution is -0.124. The molecule has 1 saturated heterocycles. The van der Waals surface area contributed by atoms with Gasteiger partial charge in [0.15, 0.2) is 0 Å². The topological polar surface area (TPSA) is 76.7 Å². The van der Waals surface area contributed by atoms with Crippen LogP contribution in [0, 0.1) is 19.7 Å². The van der Waals surface area contributed by atoms with Gasteiger partial charge in [-0.2, -0.15) is 0 Å². The molecule has 0 aliphatic carbocycles. The number of likely N-dealkylation sites (N-methyl/N-ethyl adjacent to an activating group) is 1. The summed E-state index contributed by atoms with van der Waals surface area (Å²) in [7, 11) is 3.03. The standard InChI is InChI=1S/C24H31FN4O3/c1-14-12-29(15(2)11-28(14)13-18-7-9-19(25)10-8-18)23(31)21-17(4)26-16(3)20(21)22(30)24(32)27(5)6/h7-10,14-15,26H,11-13H2,1-6H3/t14-,15+/m0/s1. The number of rotatable bonds is 5. The highest BCUT2D eigenvalue weighted by Crippen LogP contribution is 2.26. The predicted molar refractivity (Wildman–Crippen MR) is 120 cm³/mol. The van der Waals surface area contributed by atoms with Gasteiger partial charge in [0.2, 0.25) is 0 Å². The van der Waals surface area contributed by atoms with Crippen molar-refractivity contribution in [2.45, 2.75) is 46.3 Å². The van der Waals surface area contributed by atoms with Crippen molar-refractivity contribution in [2.75, 3.05) is 27.2 Å². The maximum absolute atomic E-state index is 13.6. The lowest BCUT2D eigenvalue weighted by atomic mass is 10.00. The van der Waals surface area contributed by atoms with Crippen molar-refractivity contribution in [1.82, 2.24) is 19.7 Å². The Labute approximate surface area is 188 Å². The number of nitrogens with one attached hydrogen (secondary N) is 1. The second kappa shape index (κ2) is 9.24. The molecule has 1 aliphatic heterocycles. The van der Waals surface area contributed by atoms with Crippen LogP contribution in [0.3, 0.4) is 0 Å². The summed E-state index contributed by atoms with van der Waals surface area (Å²) < 4.78 is 13.2. The van der Waals surface area contributed by atoms with Crippen molar-refractivity contribution < 1.29 is 18.8 Å². The first-order valence-electron chi connectivity index (χ1n) is 10.8. The Kier molecular flexibility index (Phi) is 6.83. The van der Waals surface area contributed by atoms with E-state index in [2.05, 4.69) is 9.88 Å². The van der Waals surface area contributed by atoms with Gasteiger partial charge in [-0.1, -0.05) is 12.1 Å². The number of halogens is 1. The molecular formula is C24H31FN4O3. The molecule has 2 atom stereocenters. The Morgan fingerprint density at radius 2 is 1.59 bits per heavy atom. The second-order valence-corrected chi connectivity index (χ2v) is 8.87. The molecule has 0 radical (unpaired) electrons. The van der Waals surface area contributed by atoms with E-state index in [1.54, 1.807) is 30.9 Å². The highest BCUT2D eigenvalue weighted by molar-refractivity contribution is 6.44. The number of benzene rings is 1. The van der Waals surface area contributed by atoms with Gasteiger partial charge in [0.1, 0.15) is 5.82 Å². The van der Waals surface area contributed by atoms with Gasteiger partial charge >= 0.3 is 0 Å². The molecule has 172 valence electrons. The van der Waals surface area contributed by atoms with Crippen LogP contribution in [-0.4, -0.2) is 76.5 Å². The molecule has 2 aromatic rings. The van der Waals surface area contributed by atoms with Crippen LogP contribution in [0.15, 0.2) is 24.3 Å². The molecular weight excluding hydrogens is 411 g/mol. The van der Waals surface area contributed by atoms with Gasteiger partial charge in [0, 0.05) is 57.2 Å². The predicted octanol–water partition coefficient (Wildman–Crippen LogP) is 2.78. The minimum absolute atomic E-state index is 0.0723. The molecule has 0 unspecified atom stereocenters. The lowest BCUT2D eigenvalue weighted by Gasteiger charge is -2.44. The Hall–Kier alpha value is -3.00. The average molecular weight is 443 g/mol. The monoisotopic (exact) mass is 442 g/mol. The number of carbonyl (C=O) groups is 3. The minimum atomic E-state index is -0.684. The Balaban J connectivity index is 1.83. The Bertz CT molecular complexity index is 1030. The van der Waals surface area contributed by atoms with Crippen LogP contribution >= 0.6 is 0 Å². The van der Waals surface area contributed by atoms with Gasteiger partial charge < -0.3 is 14.8 Å². The number of hydrogen-bond acceptors (Lipinski definition) is 4. The number of piperazine rings is 1. The van der Waals surface area contributed by atoms with E-state index < -0.39 is 11.7 Å². The van der Waals surface area contributed by atoms with Crippen molar-refractivity contribution in [1.29, 1.82) is 0 Å². The van der Waals surface area contributed by atoms with Crippen molar-refractivity contribution in [2.24, 2.45) is 0 Å². The van der Waals surface area contributed by atoms with Gasteiger partial charge in [-0.15, -0.1) is 0 Å². The molecule has 7 nitrogen and oxygen atoms in total. The van der Waals surface area contributed by atoms with Gasteiger partial charge in [-0.25, -0.2) is 4.39 Å². The molecule has 2 amide bonds. The second-order valence-electron chi connectivity index (χ2n) is 8.87. The van der Waals surface area contributed by atoms with Crippen LogP contribution in [0.2, 0.25) is 0 Å². The summed E-state index contributed by atoms with van der Waals surface area (Å²) in [5.41, 5.74) is 2.53. The summed E-state index contributed by atoms with van der Waals surface area (Å²) in [6.45, 7) is 9.27. The number of Topliss-reactive ketones (excluding diaryl/α,β-unsaturated/α-hetero) is 1. The molecule has 1 aromatic heterocycles.